The third-order valence-corrected chi connectivity index (χ3v) is 4.39. The second-order valence-electron chi connectivity index (χ2n) is 6.08. The SMILES string of the molecule is Cc1cc(C(=O)C[NH+]2CCNC(=O)C2)c(C)n1Cc1ccco1. The minimum atomic E-state index is 0.0161. The summed E-state index contributed by atoms with van der Waals surface area (Å²) in [7, 11) is 0. The van der Waals surface area contributed by atoms with Gasteiger partial charge in [-0.15, -0.1) is 0 Å². The molecule has 3 heterocycles. The molecule has 6 nitrogen and oxygen atoms in total. The number of aryl methyl sites for hydroxylation is 1. The molecule has 1 amide bonds. The van der Waals surface area contributed by atoms with Gasteiger partial charge in [0.15, 0.2) is 6.54 Å². The molecule has 1 aliphatic rings. The molecule has 1 fully saturated rings. The normalized spacial score (nSPS) is 18.0. The molecule has 122 valence electrons. The number of rotatable bonds is 5. The van der Waals surface area contributed by atoms with Crippen molar-refractivity contribution in [3.63, 3.8) is 0 Å². The molecule has 1 atom stereocenters. The molecule has 0 radical (unpaired) electrons. The molecule has 0 saturated carbocycles. The van der Waals surface area contributed by atoms with E-state index in [1.165, 1.54) is 0 Å². The van der Waals surface area contributed by atoms with Gasteiger partial charge in [0.1, 0.15) is 12.3 Å². The standard InChI is InChI=1S/C17H21N3O3/c1-12-8-15(13(2)20(12)9-14-4-3-7-23-14)16(21)10-19-6-5-18-17(22)11-19/h3-4,7-8H,5-6,9-11H2,1-2H3,(H,18,22)/p+1. The number of amides is 1. The summed E-state index contributed by atoms with van der Waals surface area (Å²) >= 11 is 0. The Labute approximate surface area is 135 Å². The Hall–Kier alpha value is -2.34. The van der Waals surface area contributed by atoms with E-state index in [2.05, 4.69) is 9.88 Å². The maximum atomic E-state index is 12.6. The summed E-state index contributed by atoms with van der Waals surface area (Å²) in [6, 6.07) is 5.72. The van der Waals surface area contributed by atoms with Crippen LogP contribution >= 0.6 is 0 Å². The molecule has 2 N–H and O–H groups in total. The number of hydrogen-bond acceptors (Lipinski definition) is 3. The van der Waals surface area contributed by atoms with Gasteiger partial charge in [-0.05, 0) is 32.0 Å². The summed E-state index contributed by atoms with van der Waals surface area (Å²) in [4.78, 5) is 25.1. The fourth-order valence-corrected chi connectivity index (χ4v) is 3.11. The third-order valence-electron chi connectivity index (χ3n) is 4.39. The highest BCUT2D eigenvalue weighted by Crippen LogP contribution is 2.17. The summed E-state index contributed by atoms with van der Waals surface area (Å²) in [5, 5.41) is 2.79. The highest BCUT2D eigenvalue weighted by molar-refractivity contribution is 5.98. The van der Waals surface area contributed by atoms with Gasteiger partial charge in [0, 0.05) is 17.0 Å². The van der Waals surface area contributed by atoms with E-state index in [9.17, 15) is 9.59 Å². The van der Waals surface area contributed by atoms with Crippen LogP contribution < -0.4 is 10.2 Å². The van der Waals surface area contributed by atoms with Crippen molar-refractivity contribution in [1.82, 2.24) is 9.88 Å². The molecule has 2 aromatic heterocycles. The van der Waals surface area contributed by atoms with E-state index in [0.717, 1.165) is 34.2 Å². The van der Waals surface area contributed by atoms with Crippen molar-refractivity contribution in [2.75, 3.05) is 26.2 Å². The molecule has 2 aromatic rings. The van der Waals surface area contributed by atoms with Gasteiger partial charge in [-0.2, -0.15) is 0 Å². The lowest BCUT2D eigenvalue weighted by atomic mass is 10.1. The van der Waals surface area contributed by atoms with Gasteiger partial charge in [-0.1, -0.05) is 0 Å². The van der Waals surface area contributed by atoms with Crippen molar-refractivity contribution in [3.05, 3.63) is 47.2 Å². The van der Waals surface area contributed by atoms with Crippen LogP contribution in [-0.2, 0) is 11.3 Å². The monoisotopic (exact) mass is 316 g/mol. The molecule has 1 saturated heterocycles. The smallest absolute Gasteiger partial charge is 0.275 e. The largest absolute Gasteiger partial charge is 0.467 e. The van der Waals surface area contributed by atoms with Gasteiger partial charge < -0.3 is 19.2 Å². The number of nitrogens with zero attached hydrogens (tertiary/aromatic N) is 1. The maximum Gasteiger partial charge on any atom is 0.275 e. The Kier molecular flexibility index (Phi) is 4.34. The van der Waals surface area contributed by atoms with Crippen molar-refractivity contribution < 1.29 is 18.9 Å². The molecule has 3 rings (SSSR count). The van der Waals surface area contributed by atoms with Gasteiger partial charge in [-0.3, -0.25) is 9.59 Å². The topological polar surface area (TPSA) is 68.7 Å². The lowest BCUT2D eigenvalue weighted by molar-refractivity contribution is -0.884. The Morgan fingerprint density at radius 2 is 2.26 bits per heavy atom. The zero-order valence-electron chi connectivity index (χ0n) is 13.5. The van der Waals surface area contributed by atoms with Gasteiger partial charge in [0.2, 0.25) is 5.78 Å². The first kappa shape index (κ1) is 15.6. The molecular formula is C17H22N3O3+. The van der Waals surface area contributed by atoms with E-state index in [1.54, 1.807) is 6.26 Å². The molecule has 1 unspecified atom stereocenters. The number of piperazine rings is 1. The van der Waals surface area contributed by atoms with Crippen molar-refractivity contribution in [3.8, 4) is 0 Å². The lowest BCUT2D eigenvalue weighted by Crippen LogP contribution is -3.16. The molecule has 6 heteroatoms. The van der Waals surface area contributed by atoms with E-state index in [0.29, 0.717) is 26.2 Å². The number of nitrogens with one attached hydrogen (secondary N) is 2. The van der Waals surface area contributed by atoms with Gasteiger partial charge >= 0.3 is 0 Å². The zero-order chi connectivity index (χ0) is 16.4. The van der Waals surface area contributed by atoms with Crippen LogP contribution in [-0.4, -0.2) is 42.4 Å². The minimum Gasteiger partial charge on any atom is -0.467 e. The molecule has 0 aliphatic carbocycles. The second-order valence-corrected chi connectivity index (χ2v) is 6.08. The average Bonchev–Trinajstić information content (AvgIpc) is 3.11. The zero-order valence-corrected chi connectivity index (χ0v) is 13.5. The molecule has 0 aromatic carbocycles. The van der Waals surface area contributed by atoms with Crippen molar-refractivity contribution in [1.29, 1.82) is 0 Å². The summed E-state index contributed by atoms with van der Waals surface area (Å²) in [6.07, 6.45) is 1.65. The fraction of sp³-hybridized carbons (Fsp3) is 0.412. The number of furan rings is 1. The quantitative estimate of drug-likeness (QED) is 0.760. The van der Waals surface area contributed by atoms with Gasteiger partial charge in [0.25, 0.3) is 5.91 Å². The van der Waals surface area contributed by atoms with Crippen LogP contribution in [0.5, 0.6) is 0 Å². The number of quaternary nitrogens is 1. The Morgan fingerprint density at radius 3 is 2.96 bits per heavy atom. The second kappa shape index (κ2) is 6.42. The molecular weight excluding hydrogens is 294 g/mol. The van der Waals surface area contributed by atoms with Crippen LogP contribution in [0.4, 0.5) is 0 Å². The van der Waals surface area contributed by atoms with Gasteiger partial charge in [0.05, 0.1) is 25.9 Å². The number of Topliss-reactive ketones (excluding diaryl/α,β-unsaturated/α-hetero) is 1. The Balaban J connectivity index is 1.74. The van der Waals surface area contributed by atoms with Crippen LogP contribution in [0.1, 0.15) is 27.5 Å². The van der Waals surface area contributed by atoms with Crippen molar-refractivity contribution in [2.45, 2.75) is 20.4 Å². The van der Waals surface area contributed by atoms with E-state index in [-0.39, 0.29) is 11.7 Å². The van der Waals surface area contributed by atoms with Crippen LogP contribution in [0.15, 0.2) is 28.9 Å². The highest BCUT2D eigenvalue weighted by Gasteiger charge is 2.25. The average molecular weight is 316 g/mol. The van der Waals surface area contributed by atoms with E-state index < -0.39 is 0 Å². The first-order valence-corrected chi connectivity index (χ1v) is 7.87. The number of carbonyl (C=O) groups excluding carboxylic acids is 2. The fourth-order valence-electron chi connectivity index (χ4n) is 3.11. The van der Waals surface area contributed by atoms with E-state index in [1.807, 2.05) is 32.0 Å². The van der Waals surface area contributed by atoms with Crippen LogP contribution in [0.25, 0.3) is 0 Å². The Morgan fingerprint density at radius 1 is 1.43 bits per heavy atom. The summed E-state index contributed by atoms with van der Waals surface area (Å²) in [5.74, 6) is 0.972. The van der Waals surface area contributed by atoms with Crippen molar-refractivity contribution >= 4 is 11.7 Å². The van der Waals surface area contributed by atoms with E-state index in [4.69, 9.17) is 4.42 Å². The van der Waals surface area contributed by atoms with Gasteiger partial charge in [-0.25, -0.2) is 0 Å². The number of hydrogen-bond donors (Lipinski definition) is 2. The predicted octanol–water partition coefficient (Wildman–Crippen LogP) is -0.0564. The molecule has 0 spiro atoms. The summed E-state index contributed by atoms with van der Waals surface area (Å²) in [6.45, 7) is 6.74. The predicted molar refractivity (Wildman–Crippen MR) is 84.6 cm³/mol. The van der Waals surface area contributed by atoms with Crippen LogP contribution in [0.2, 0.25) is 0 Å². The first-order chi connectivity index (χ1) is 11.0. The molecule has 0 bridgehead atoms. The summed E-state index contributed by atoms with van der Waals surface area (Å²) in [5.41, 5.74) is 2.73. The third kappa shape index (κ3) is 3.37. The Bertz CT molecular complexity index is 716. The maximum absolute atomic E-state index is 12.6. The first-order valence-electron chi connectivity index (χ1n) is 7.87. The molecule has 23 heavy (non-hydrogen) atoms. The number of carbonyl (C=O) groups is 2. The highest BCUT2D eigenvalue weighted by atomic mass is 16.3. The molecule has 1 aliphatic heterocycles. The lowest BCUT2D eigenvalue weighted by Gasteiger charge is -2.22. The van der Waals surface area contributed by atoms with E-state index >= 15 is 0 Å². The minimum absolute atomic E-state index is 0.0161. The van der Waals surface area contributed by atoms with Crippen molar-refractivity contribution in [2.24, 2.45) is 0 Å². The van der Waals surface area contributed by atoms with Crippen LogP contribution in [0, 0.1) is 13.8 Å². The number of aromatic nitrogens is 1. The number of ketones is 1. The summed E-state index contributed by atoms with van der Waals surface area (Å²) < 4.78 is 7.48. The van der Waals surface area contributed by atoms with Crippen LogP contribution in [0.3, 0.4) is 0 Å².